The van der Waals surface area contributed by atoms with Crippen molar-refractivity contribution in [1.82, 2.24) is 9.71 Å². The van der Waals surface area contributed by atoms with Gasteiger partial charge in [-0.25, -0.2) is 18.1 Å². The van der Waals surface area contributed by atoms with Gasteiger partial charge in [0.1, 0.15) is 10.6 Å². The molecule has 2 aromatic heterocycles. The van der Waals surface area contributed by atoms with E-state index < -0.39 is 10.0 Å². The maximum atomic E-state index is 12.8. The lowest BCUT2D eigenvalue weighted by Crippen LogP contribution is -2.23. The molecule has 0 saturated carbocycles. The Morgan fingerprint density at radius 3 is 2.85 bits per heavy atom. The number of hydrogen-bond donors (Lipinski definition) is 1. The van der Waals surface area contributed by atoms with E-state index in [4.69, 9.17) is 9.15 Å². The summed E-state index contributed by atoms with van der Waals surface area (Å²) >= 11 is 4.71. The van der Waals surface area contributed by atoms with Gasteiger partial charge in [-0.05, 0) is 44.2 Å². The molecule has 9 heteroatoms. The van der Waals surface area contributed by atoms with Crippen LogP contribution in [-0.4, -0.2) is 20.0 Å². The van der Waals surface area contributed by atoms with E-state index in [2.05, 4.69) is 25.6 Å². The molecule has 0 bridgehead atoms. The molecule has 0 aliphatic rings. The highest BCUT2D eigenvalue weighted by atomic mass is 79.9. The first kappa shape index (κ1) is 19.1. The monoisotopic (exact) mass is 456 g/mol. The topological polar surface area (TPSA) is 81.4 Å². The minimum absolute atomic E-state index is 0.0992. The second kappa shape index (κ2) is 7.91. The number of thiazole rings is 1. The summed E-state index contributed by atoms with van der Waals surface area (Å²) in [6, 6.07) is 8.52. The molecule has 0 amide bonds. The number of rotatable bonds is 7. The molecule has 0 aliphatic heterocycles. The molecule has 0 saturated heterocycles. The van der Waals surface area contributed by atoms with E-state index in [1.807, 2.05) is 19.9 Å². The molecule has 0 unspecified atom stereocenters. The van der Waals surface area contributed by atoms with Crippen molar-refractivity contribution in [2.75, 3.05) is 6.61 Å². The average Bonchev–Trinajstić information content (AvgIpc) is 3.24. The van der Waals surface area contributed by atoms with Gasteiger partial charge in [-0.2, -0.15) is 0 Å². The summed E-state index contributed by atoms with van der Waals surface area (Å²) in [6.07, 6.45) is 1.58. The molecule has 2 heterocycles. The third-order valence-electron chi connectivity index (χ3n) is 3.54. The SMILES string of the molecule is CCOc1ccc(Br)cc1S(=O)(=O)NCc1sc(-c2ccco2)nc1C. The predicted molar refractivity (Wildman–Crippen MR) is 104 cm³/mol. The highest BCUT2D eigenvalue weighted by Crippen LogP contribution is 2.30. The van der Waals surface area contributed by atoms with E-state index in [1.54, 1.807) is 24.5 Å². The zero-order valence-electron chi connectivity index (χ0n) is 14.2. The molecule has 1 N–H and O–H groups in total. The second-order valence-electron chi connectivity index (χ2n) is 5.35. The number of benzene rings is 1. The lowest BCUT2D eigenvalue weighted by atomic mass is 10.3. The summed E-state index contributed by atoms with van der Waals surface area (Å²) in [7, 11) is -3.74. The van der Waals surface area contributed by atoms with Crippen molar-refractivity contribution in [3.05, 3.63) is 51.6 Å². The zero-order valence-corrected chi connectivity index (χ0v) is 17.4. The molecular formula is C17H17BrN2O4S2. The molecule has 1 aromatic carbocycles. The van der Waals surface area contributed by atoms with Crippen molar-refractivity contribution in [3.63, 3.8) is 0 Å². The van der Waals surface area contributed by atoms with Gasteiger partial charge in [0.15, 0.2) is 10.8 Å². The van der Waals surface area contributed by atoms with E-state index >= 15 is 0 Å². The Morgan fingerprint density at radius 1 is 1.35 bits per heavy atom. The summed E-state index contributed by atoms with van der Waals surface area (Å²) in [6.45, 7) is 4.18. The molecule has 0 spiro atoms. The van der Waals surface area contributed by atoms with Crippen LogP contribution in [0.1, 0.15) is 17.5 Å². The molecular weight excluding hydrogens is 440 g/mol. The molecule has 26 heavy (non-hydrogen) atoms. The summed E-state index contributed by atoms with van der Waals surface area (Å²) in [5, 5.41) is 0.721. The van der Waals surface area contributed by atoms with Gasteiger partial charge >= 0.3 is 0 Å². The Kier molecular flexibility index (Phi) is 5.81. The number of hydrogen-bond acceptors (Lipinski definition) is 6. The molecule has 3 aromatic rings. The molecule has 0 aliphatic carbocycles. The summed E-state index contributed by atoms with van der Waals surface area (Å²) < 4.78 is 39.6. The minimum Gasteiger partial charge on any atom is -0.492 e. The van der Waals surface area contributed by atoms with Crippen LogP contribution in [0.25, 0.3) is 10.8 Å². The summed E-state index contributed by atoms with van der Waals surface area (Å²) in [5.41, 5.74) is 0.767. The van der Waals surface area contributed by atoms with Crippen LogP contribution in [-0.2, 0) is 16.6 Å². The average molecular weight is 457 g/mol. The zero-order chi connectivity index (χ0) is 18.7. The number of halogens is 1. The van der Waals surface area contributed by atoms with Crippen LogP contribution >= 0.6 is 27.3 Å². The fourth-order valence-electron chi connectivity index (χ4n) is 2.30. The van der Waals surface area contributed by atoms with Crippen LogP contribution in [0.4, 0.5) is 0 Å². The number of aromatic nitrogens is 1. The van der Waals surface area contributed by atoms with Gasteiger partial charge in [0, 0.05) is 15.9 Å². The second-order valence-corrected chi connectivity index (χ2v) is 9.09. The lowest BCUT2D eigenvalue weighted by molar-refractivity contribution is 0.331. The van der Waals surface area contributed by atoms with Gasteiger partial charge in [0.05, 0.1) is 18.6 Å². The molecule has 0 radical (unpaired) electrons. The van der Waals surface area contributed by atoms with Gasteiger partial charge in [-0.15, -0.1) is 11.3 Å². The number of ether oxygens (including phenoxy) is 1. The van der Waals surface area contributed by atoms with Crippen molar-refractivity contribution in [2.24, 2.45) is 0 Å². The van der Waals surface area contributed by atoms with Crippen molar-refractivity contribution >= 4 is 37.3 Å². The van der Waals surface area contributed by atoms with Gasteiger partial charge in [0.2, 0.25) is 10.0 Å². The summed E-state index contributed by atoms with van der Waals surface area (Å²) in [4.78, 5) is 5.37. The first-order valence-corrected chi connectivity index (χ1v) is 10.9. The Labute approximate surface area is 164 Å². The largest absolute Gasteiger partial charge is 0.492 e. The number of nitrogens with one attached hydrogen (secondary N) is 1. The van der Waals surface area contributed by atoms with Crippen molar-refractivity contribution in [2.45, 2.75) is 25.3 Å². The number of nitrogens with zero attached hydrogens (tertiary/aromatic N) is 1. The number of sulfonamides is 1. The highest BCUT2D eigenvalue weighted by Gasteiger charge is 2.21. The third-order valence-corrected chi connectivity index (χ3v) is 6.63. The summed E-state index contributed by atoms with van der Waals surface area (Å²) in [5.74, 6) is 0.985. The van der Waals surface area contributed by atoms with Crippen LogP contribution in [0.5, 0.6) is 5.75 Å². The van der Waals surface area contributed by atoms with E-state index in [-0.39, 0.29) is 11.4 Å². The fraction of sp³-hybridized carbons (Fsp3) is 0.235. The molecule has 0 fully saturated rings. The molecule has 0 atom stereocenters. The van der Waals surface area contributed by atoms with Gasteiger partial charge in [-0.1, -0.05) is 15.9 Å². The van der Waals surface area contributed by atoms with Gasteiger partial charge in [-0.3, -0.25) is 0 Å². The third kappa shape index (κ3) is 4.17. The minimum atomic E-state index is -3.74. The van der Waals surface area contributed by atoms with Crippen LogP contribution in [0, 0.1) is 6.92 Å². The van der Waals surface area contributed by atoms with E-state index in [1.165, 1.54) is 17.4 Å². The Hall–Kier alpha value is -1.68. The highest BCUT2D eigenvalue weighted by molar-refractivity contribution is 9.10. The first-order chi connectivity index (χ1) is 12.4. The van der Waals surface area contributed by atoms with Gasteiger partial charge < -0.3 is 9.15 Å². The maximum absolute atomic E-state index is 12.8. The standard InChI is InChI=1S/C17H17BrN2O4S2/c1-3-23-13-7-6-12(18)9-16(13)26(21,22)19-10-15-11(2)20-17(25-15)14-5-4-8-24-14/h4-9,19H,3,10H2,1-2H3. The Balaban J connectivity index is 1.82. The maximum Gasteiger partial charge on any atom is 0.244 e. The number of aryl methyl sites for hydroxylation is 1. The Morgan fingerprint density at radius 2 is 2.15 bits per heavy atom. The van der Waals surface area contributed by atoms with Crippen LogP contribution < -0.4 is 9.46 Å². The van der Waals surface area contributed by atoms with Crippen molar-refractivity contribution < 1.29 is 17.6 Å². The quantitative estimate of drug-likeness (QED) is 0.571. The fourth-order valence-corrected chi connectivity index (χ4v) is 5.04. The van der Waals surface area contributed by atoms with E-state index in [0.717, 1.165) is 15.6 Å². The smallest absolute Gasteiger partial charge is 0.244 e. The van der Waals surface area contributed by atoms with Gasteiger partial charge in [0.25, 0.3) is 0 Å². The normalized spacial score (nSPS) is 11.7. The van der Waals surface area contributed by atoms with Crippen molar-refractivity contribution in [1.29, 1.82) is 0 Å². The predicted octanol–water partition coefficient (Wildman–Crippen LogP) is 4.35. The lowest BCUT2D eigenvalue weighted by Gasteiger charge is -2.12. The van der Waals surface area contributed by atoms with E-state index in [0.29, 0.717) is 22.6 Å². The first-order valence-electron chi connectivity index (χ1n) is 7.83. The Bertz CT molecular complexity index is 998. The number of furan rings is 1. The van der Waals surface area contributed by atoms with Crippen LogP contribution in [0.3, 0.4) is 0 Å². The van der Waals surface area contributed by atoms with Crippen LogP contribution in [0.15, 0.2) is 50.4 Å². The molecule has 6 nitrogen and oxygen atoms in total. The molecule has 3 rings (SSSR count). The van der Waals surface area contributed by atoms with E-state index in [9.17, 15) is 8.42 Å². The molecule has 138 valence electrons. The van der Waals surface area contributed by atoms with Crippen LogP contribution in [0.2, 0.25) is 0 Å². The van der Waals surface area contributed by atoms with Crippen molar-refractivity contribution in [3.8, 4) is 16.5 Å².